The lowest BCUT2D eigenvalue weighted by atomic mass is 9.83. The number of carboxylic acids is 1. The van der Waals surface area contributed by atoms with Crippen molar-refractivity contribution in [1.82, 2.24) is 9.88 Å². The van der Waals surface area contributed by atoms with Crippen LogP contribution >= 0.6 is 11.3 Å². The first-order chi connectivity index (χ1) is 11.6. The molecule has 1 atom stereocenters. The number of fused-ring (bicyclic) bond motifs is 1. The van der Waals surface area contributed by atoms with E-state index in [2.05, 4.69) is 4.98 Å². The molecule has 1 aliphatic carbocycles. The minimum atomic E-state index is -1.38. The molecule has 24 heavy (non-hydrogen) atoms. The van der Waals surface area contributed by atoms with Crippen LogP contribution in [0.2, 0.25) is 0 Å². The van der Waals surface area contributed by atoms with Crippen molar-refractivity contribution in [3.8, 4) is 0 Å². The van der Waals surface area contributed by atoms with E-state index in [0.717, 1.165) is 41.5 Å². The zero-order valence-corrected chi connectivity index (χ0v) is 14.6. The maximum absolute atomic E-state index is 12.3. The molecule has 1 amide bonds. The lowest BCUT2D eigenvalue weighted by molar-refractivity contribution is -0.158. The number of aromatic nitrogens is 1. The summed E-state index contributed by atoms with van der Waals surface area (Å²) in [6.07, 6.45) is 5.69. The van der Waals surface area contributed by atoms with Crippen molar-refractivity contribution in [2.24, 2.45) is 5.92 Å². The van der Waals surface area contributed by atoms with Gasteiger partial charge in [0.05, 0.1) is 15.7 Å². The Morgan fingerprint density at radius 3 is 2.79 bits per heavy atom. The first kappa shape index (κ1) is 16.9. The molecule has 0 radical (unpaired) electrons. The molecule has 1 N–H and O–H groups in total. The van der Waals surface area contributed by atoms with Crippen molar-refractivity contribution in [1.29, 1.82) is 0 Å². The van der Waals surface area contributed by atoms with E-state index < -0.39 is 11.9 Å². The van der Waals surface area contributed by atoms with Crippen molar-refractivity contribution in [2.45, 2.75) is 51.6 Å². The van der Waals surface area contributed by atoms with E-state index in [1.807, 2.05) is 25.1 Å². The van der Waals surface area contributed by atoms with Crippen LogP contribution in [0.1, 0.15) is 44.6 Å². The summed E-state index contributed by atoms with van der Waals surface area (Å²) in [4.78, 5) is 29.4. The van der Waals surface area contributed by atoms with Crippen molar-refractivity contribution in [2.75, 3.05) is 0 Å². The summed E-state index contributed by atoms with van der Waals surface area (Å²) >= 11 is 1.57. The largest absolute Gasteiger partial charge is 0.474 e. The summed E-state index contributed by atoms with van der Waals surface area (Å²) in [7, 11) is 0. The van der Waals surface area contributed by atoms with Gasteiger partial charge in [-0.2, -0.15) is 0 Å². The fourth-order valence-electron chi connectivity index (χ4n) is 3.59. The molecule has 3 rings (SSSR count). The molecule has 1 saturated carbocycles. The Morgan fingerprint density at radius 1 is 1.33 bits per heavy atom. The second-order valence-electron chi connectivity index (χ2n) is 6.53. The minimum Gasteiger partial charge on any atom is -0.474 e. The molecule has 1 aromatic carbocycles. The van der Waals surface area contributed by atoms with E-state index in [9.17, 15) is 14.7 Å². The average Bonchev–Trinajstić information content (AvgIpc) is 3.07. The number of rotatable bonds is 4. The van der Waals surface area contributed by atoms with E-state index in [-0.39, 0.29) is 6.04 Å². The summed E-state index contributed by atoms with van der Waals surface area (Å²) in [5.41, 5.74) is 3.61. The third-order valence-corrected chi connectivity index (χ3v) is 5.83. The zero-order chi connectivity index (χ0) is 17.1. The molecular formula is C18H22N2O3S. The molecule has 0 aliphatic heterocycles. The van der Waals surface area contributed by atoms with E-state index in [4.69, 9.17) is 0 Å². The highest BCUT2D eigenvalue weighted by atomic mass is 32.1. The number of carbonyl (C=O) groups excluding carboxylic acids is 1. The number of carbonyl (C=O) groups is 2. The van der Waals surface area contributed by atoms with E-state index in [1.165, 1.54) is 11.3 Å². The second kappa shape index (κ2) is 7.30. The Balaban J connectivity index is 1.83. The quantitative estimate of drug-likeness (QED) is 0.857. The van der Waals surface area contributed by atoms with Gasteiger partial charge in [0, 0.05) is 12.6 Å². The lowest BCUT2D eigenvalue weighted by Crippen LogP contribution is -2.45. The number of carboxylic acid groups (broad SMARTS) is 1. The average molecular weight is 346 g/mol. The van der Waals surface area contributed by atoms with Gasteiger partial charge in [0.25, 0.3) is 0 Å². The zero-order valence-electron chi connectivity index (χ0n) is 13.8. The standard InChI is InChI=1S/C18H22N2O3S/c1-12(14-5-3-2-4-6-14)20(17(21)18(22)23)10-13-7-8-16-15(9-13)19-11-24-16/h7-9,11-12,14H,2-6,10H2,1H3,(H,22,23)/t12-/m1/s1. The van der Waals surface area contributed by atoms with Crippen LogP contribution in [0.5, 0.6) is 0 Å². The maximum Gasteiger partial charge on any atom is 0.394 e. The summed E-state index contributed by atoms with van der Waals surface area (Å²) in [6.45, 7) is 2.30. The first-order valence-electron chi connectivity index (χ1n) is 8.42. The van der Waals surface area contributed by atoms with Gasteiger partial charge in [-0.05, 0) is 43.4 Å². The Bertz CT molecular complexity index is 737. The summed E-state index contributed by atoms with van der Waals surface area (Å²) in [5, 5.41) is 9.21. The molecule has 1 heterocycles. The lowest BCUT2D eigenvalue weighted by Gasteiger charge is -2.36. The van der Waals surface area contributed by atoms with Gasteiger partial charge < -0.3 is 10.0 Å². The first-order valence-corrected chi connectivity index (χ1v) is 9.30. The molecule has 0 bridgehead atoms. The van der Waals surface area contributed by atoms with Crippen molar-refractivity contribution >= 4 is 33.4 Å². The van der Waals surface area contributed by atoms with Crippen molar-refractivity contribution in [3.05, 3.63) is 29.3 Å². The van der Waals surface area contributed by atoms with Crippen LogP contribution in [0.15, 0.2) is 23.7 Å². The van der Waals surface area contributed by atoms with Crippen LogP contribution in [-0.2, 0) is 16.1 Å². The monoisotopic (exact) mass is 346 g/mol. The number of benzene rings is 1. The Hall–Kier alpha value is -1.95. The molecule has 1 aromatic heterocycles. The third kappa shape index (κ3) is 3.59. The number of hydrogen-bond acceptors (Lipinski definition) is 4. The van der Waals surface area contributed by atoms with E-state index in [0.29, 0.717) is 12.5 Å². The van der Waals surface area contributed by atoms with Crippen LogP contribution in [-0.4, -0.2) is 32.9 Å². The highest BCUT2D eigenvalue weighted by Crippen LogP contribution is 2.30. The van der Waals surface area contributed by atoms with Crippen molar-refractivity contribution in [3.63, 3.8) is 0 Å². The second-order valence-corrected chi connectivity index (χ2v) is 7.42. The number of amides is 1. The number of nitrogens with zero attached hydrogens (tertiary/aromatic N) is 2. The topological polar surface area (TPSA) is 70.5 Å². The Labute approximate surface area is 145 Å². The molecule has 1 fully saturated rings. The Morgan fingerprint density at radius 2 is 2.08 bits per heavy atom. The smallest absolute Gasteiger partial charge is 0.394 e. The molecule has 0 saturated heterocycles. The summed E-state index contributed by atoms with van der Waals surface area (Å²) in [5.74, 6) is -1.82. The molecule has 128 valence electrons. The van der Waals surface area contributed by atoms with Gasteiger partial charge in [-0.25, -0.2) is 9.78 Å². The van der Waals surface area contributed by atoms with Crippen LogP contribution in [0.4, 0.5) is 0 Å². The molecule has 1 aliphatic rings. The minimum absolute atomic E-state index is 0.0694. The van der Waals surface area contributed by atoms with Crippen LogP contribution in [0.3, 0.4) is 0 Å². The van der Waals surface area contributed by atoms with Crippen LogP contribution < -0.4 is 0 Å². The highest BCUT2D eigenvalue weighted by molar-refractivity contribution is 7.16. The molecule has 0 spiro atoms. The Kier molecular flexibility index (Phi) is 5.14. The molecule has 5 nitrogen and oxygen atoms in total. The highest BCUT2D eigenvalue weighted by Gasteiger charge is 2.31. The van der Waals surface area contributed by atoms with E-state index >= 15 is 0 Å². The molecule has 2 aromatic rings. The van der Waals surface area contributed by atoms with Gasteiger partial charge in [-0.3, -0.25) is 4.79 Å². The summed E-state index contributed by atoms with van der Waals surface area (Å²) in [6, 6.07) is 5.81. The normalized spacial score (nSPS) is 16.9. The van der Waals surface area contributed by atoms with Gasteiger partial charge in [0.1, 0.15) is 0 Å². The fraction of sp³-hybridized carbons (Fsp3) is 0.500. The van der Waals surface area contributed by atoms with Gasteiger partial charge in [0.2, 0.25) is 0 Å². The van der Waals surface area contributed by atoms with Crippen molar-refractivity contribution < 1.29 is 14.7 Å². The van der Waals surface area contributed by atoms with Gasteiger partial charge in [-0.1, -0.05) is 25.3 Å². The predicted octanol–water partition coefficient (Wildman–Crippen LogP) is 3.68. The molecular weight excluding hydrogens is 324 g/mol. The van der Waals surface area contributed by atoms with Crippen LogP contribution in [0, 0.1) is 5.92 Å². The number of hydrogen-bond donors (Lipinski definition) is 1. The molecule has 0 unspecified atom stereocenters. The van der Waals surface area contributed by atoms with Gasteiger partial charge in [0.15, 0.2) is 0 Å². The van der Waals surface area contributed by atoms with Crippen LogP contribution in [0.25, 0.3) is 10.2 Å². The number of aliphatic carboxylic acids is 1. The predicted molar refractivity (Wildman–Crippen MR) is 93.8 cm³/mol. The maximum atomic E-state index is 12.3. The number of thiazole rings is 1. The van der Waals surface area contributed by atoms with Gasteiger partial charge in [-0.15, -0.1) is 11.3 Å². The SMILES string of the molecule is C[C@H](C1CCCCC1)N(Cc1ccc2scnc2c1)C(=O)C(=O)O. The molecule has 6 heteroatoms. The summed E-state index contributed by atoms with van der Waals surface area (Å²) < 4.78 is 1.09. The van der Waals surface area contributed by atoms with Gasteiger partial charge >= 0.3 is 11.9 Å². The third-order valence-electron chi connectivity index (χ3n) is 5.02. The fourth-order valence-corrected chi connectivity index (χ4v) is 4.25. The van der Waals surface area contributed by atoms with E-state index in [1.54, 1.807) is 16.8 Å².